The zero-order valence-corrected chi connectivity index (χ0v) is 17.5. The largest absolute Gasteiger partial charge is 0.301 e. The first-order chi connectivity index (χ1) is 13.8. The zero-order valence-electron chi connectivity index (χ0n) is 17.5. The summed E-state index contributed by atoms with van der Waals surface area (Å²) >= 11 is 0. The smallest absolute Gasteiger partial charge is 0.0758 e. The van der Waals surface area contributed by atoms with Gasteiger partial charge in [0.05, 0.1) is 12.3 Å². The molecule has 0 saturated carbocycles. The maximum atomic E-state index is 5.78. The quantitative estimate of drug-likeness (QED) is 0.475. The van der Waals surface area contributed by atoms with Crippen LogP contribution in [0.1, 0.15) is 51.0 Å². The van der Waals surface area contributed by atoms with Crippen molar-refractivity contribution in [1.82, 2.24) is 15.3 Å². The molecule has 1 saturated heterocycles. The van der Waals surface area contributed by atoms with E-state index in [1.54, 1.807) is 0 Å². The summed E-state index contributed by atoms with van der Waals surface area (Å²) in [7, 11) is 0. The highest BCUT2D eigenvalue weighted by atomic mass is 16.6. The lowest BCUT2D eigenvalue weighted by Crippen LogP contribution is -2.46. The molecule has 3 rings (SSSR count). The van der Waals surface area contributed by atoms with E-state index in [2.05, 4.69) is 64.7 Å². The third kappa shape index (κ3) is 7.08. The minimum atomic E-state index is 0.766. The third-order valence-corrected chi connectivity index (χ3v) is 5.64. The molecule has 1 N–H and O–H groups in total. The van der Waals surface area contributed by atoms with Crippen molar-refractivity contribution in [2.45, 2.75) is 52.0 Å². The number of allylic oxidation sites excluding steroid dienone is 3. The topological polar surface area (TPSA) is 27.7 Å². The van der Waals surface area contributed by atoms with Gasteiger partial charge in [0.1, 0.15) is 0 Å². The van der Waals surface area contributed by atoms with E-state index in [4.69, 9.17) is 4.84 Å². The number of nitrogens with one attached hydrogen (secondary N) is 1. The van der Waals surface area contributed by atoms with Crippen LogP contribution < -0.4 is 5.48 Å². The van der Waals surface area contributed by atoms with Crippen molar-refractivity contribution >= 4 is 0 Å². The van der Waals surface area contributed by atoms with Gasteiger partial charge in [-0.25, -0.2) is 0 Å². The summed E-state index contributed by atoms with van der Waals surface area (Å²) in [5.41, 5.74) is 7.27. The highest BCUT2D eigenvalue weighted by Crippen LogP contribution is 2.22. The SMILES string of the molecule is CCCC=C1CCCC=C1NOCCCN1CCN(Cc2ccccc2)CC1. The zero-order chi connectivity index (χ0) is 19.4. The molecule has 154 valence electrons. The Bertz CT molecular complexity index is 618. The molecule has 0 radical (unpaired) electrons. The van der Waals surface area contributed by atoms with E-state index in [0.29, 0.717) is 0 Å². The van der Waals surface area contributed by atoms with Gasteiger partial charge in [-0.05, 0) is 43.2 Å². The lowest BCUT2D eigenvalue weighted by molar-refractivity contribution is 0.0502. The van der Waals surface area contributed by atoms with Crippen molar-refractivity contribution in [2.75, 3.05) is 39.3 Å². The van der Waals surface area contributed by atoms with Crippen molar-refractivity contribution < 1.29 is 4.84 Å². The molecular weight excluding hydrogens is 346 g/mol. The standard InChI is InChI=1S/C24H37N3O/c1-2-3-12-23-13-7-8-14-24(23)25-28-20-9-15-26-16-18-27(19-17-26)21-22-10-5-4-6-11-22/h4-6,10-12,14,25H,2-3,7-9,13,15-21H2,1H3. The van der Waals surface area contributed by atoms with Crippen LogP contribution in [0.15, 0.2) is 53.8 Å². The lowest BCUT2D eigenvalue weighted by Gasteiger charge is -2.34. The van der Waals surface area contributed by atoms with Crippen molar-refractivity contribution in [3.05, 3.63) is 59.3 Å². The van der Waals surface area contributed by atoms with Crippen molar-refractivity contribution in [1.29, 1.82) is 0 Å². The molecule has 2 aliphatic rings. The predicted octanol–water partition coefficient (Wildman–Crippen LogP) is 4.51. The third-order valence-electron chi connectivity index (χ3n) is 5.64. The first kappa shape index (κ1) is 21.1. The Hall–Kier alpha value is -1.62. The fourth-order valence-electron chi connectivity index (χ4n) is 3.94. The van der Waals surface area contributed by atoms with Crippen LogP contribution >= 0.6 is 0 Å². The van der Waals surface area contributed by atoms with Gasteiger partial charge >= 0.3 is 0 Å². The summed E-state index contributed by atoms with van der Waals surface area (Å²) in [4.78, 5) is 10.9. The van der Waals surface area contributed by atoms with E-state index in [1.807, 2.05) is 0 Å². The molecule has 4 nitrogen and oxygen atoms in total. The molecule has 1 aromatic rings. The van der Waals surface area contributed by atoms with Crippen LogP contribution in [-0.4, -0.2) is 49.1 Å². The number of hydrogen-bond acceptors (Lipinski definition) is 4. The fourth-order valence-corrected chi connectivity index (χ4v) is 3.94. The maximum absolute atomic E-state index is 5.78. The van der Waals surface area contributed by atoms with E-state index < -0.39 is 0 Å². The van der Waals surface area contributed by atoms with Gasteiger partial charge in [-0.15, -0.1) is 0 Å². The molecule has 1 heterocycles. The number of unbranched alkanes of at least 4 members (excludes halogenated alkanes) is 1. The highest BCUT2D eigenvalue weighted by Gasteiger charge is 2.16. The summed E-state index contributed by atoms with van der Waals surface area (Å²) < 4.78 is 0. The molecule has 0 amide bonds. The van der Waals surface area contributed by atoms with Crippen LogP contribution in [0.3, 0.4) is 0 Å². The second kappa shape index (κ2) is 12.1. The molecule has 1 fully saturated rings. The van der Waals surface area contributed by atoms with Gasteiger partial charge in [0.15, 0.2) is 0 Å². The number of hydroxylamine groups is 1. The second-order valence-electron chi connectivity index (χ2n) is 7.94. The molecule has 28 heavy (non-hydrogen) atoms. The van der Waals surface area contributed by atoms with Gasteiger partial charge < -0.3 is 4.90 Å². The highest BCUT2D eigenvalue weighted by molar-refractivity contribution is 5.30. The number of rotatable bonds is 10. The van der Waals surface area contributed by atoms with Crippen LogP contribution in [0.2, 0.25) is 0 Å². The Labute approximate surface area is 171 Å². The minimum absolute atomic E-state index is 0.766. The first-order valence-corrected chi connectivity index (χ1v) is 11.1. The summed E-state index contributed by atoms with van der Waals surface area (Å²) in [6.07, 6.45) is 11.7. The molecule has 4 heteroatoms. The maximum Gasteiger partial charge on any atom is 0.0758 e. The van der Waals surface area contributed by atoms with Crippen molar-refractivity contribution in [3.63, 3.8) is 0 Å². The first-order valence-electron chi connectivity index (χ1n) is 11.1. The van der Waals surface area contributed by atoms with Crippen LogP contribution in [-0.2, 0) is 11.4 Å². The second-order valence-corrected chi connectivity index (χ2v) is 7.94. The number of piperazine rings is 1. The van der Waals surface area contributed by atoms with Gasteiger partial charge in [-0.1, -0.05) is 55.8 Å². The Kier molecular flexibility index (Phi) is 9.08. The average molecular weight is 384 g/mol. The average Bonchev–Trinajstić information content (AvgIpc) is 2.74. The molecule has 1 aliphatic carbocycles. The molecule has 0 aromatic heterocycles. The van der Waals surface area contributed by atoms with Crippen LogP contribution in [0.4, 0.5) is 0 Å². The Morgan fingerprint density at radius 3 is 2.64 bits per heavy atom. The molecule has 1 aliphatic heterocycles. The molecule has 0 atom stereocenters. The molecule has 0 bridgehead atoms. The van der Waals surface area contributed by atoms with E-state index >= 15 is 0 Å². The molecular formula is C24H37N3O. The van der Waals surface area contributed by atoms with Gasteiger partial charge in [0, 0.05) is 39.3 Å². The monoisotopic (exact) mass is 383 g/mol. The summed E-state index contributed by atoms with van der Waals surface area (Å²) in [6, 6.07) is 10.8. The number of benzene rings is 1. The molecule has 1 aromatic carbocycles. The fraction of sp³-hybridized carbons (Fsp3) is 0.583. The number of nitrogens with zero attached hydrogens (tertiary/aromatic N) is 2. The van der Waals surface area contributed by atoms with Gasteiger partial charge in [0.25, 0.3) is 0 Å². The van der Waals surface area contributed by atoms with E-state index in [1.165, 1.54) is 36.1 Å². The van der Waals surface area contributed by atoms with Crippen LogP contribution in [0, 0.1) is 0 Å². The Balaban J connectivity index is 1.27. The lowest BCUT2D eigenvalue weighted by atomic mass is 9.97. The van der Waals surface area contributed by atoms with Crippen molar-refractivity contribution in [3.8, 4) is 0 Å². The van der Waals surface area contributed by atoms with Crippen LogP contribution in [0.25, 0.3) is 0 Å². The minimum Gasteiger partial charge on any atom is -0.301 e. The Morgan fingerprint density at radius 1 is 1.07 bits per heavy atom. The van der Waals surface area contributed by atoms with Crippen molar-refractivity contribution in [2.24, 2.45) is 0 Å². The Morgan fingerprint density at radius 2 is 1.86 bits per heavy atom. The molecule has 0 spiro atoms. The normalized spacial score (nSPS) is 20.3. The van der Waals surface area contributed by atoms with Gasteiger partial charge in [0.2, 0.25) is 0 Å². The van der Waals surface area contributed by atoms with E-state index in [-0.39, 0.29) is 0 Å². The van der Waals surface area contributed by atoms with E-state index in [9.17, 15) is 0 Å². The molecule has 0 unspecified atom stereocenters. The number of hydrogen-bond donors (Lipinski definition) is 1. The summed E-state index contributed by atoms with van der Waals surface area (Å²) in [5.74, 6) is 0. The van der Waals surface area contributed by atoms with Crippen LogP contribution in [0.5, 0.6) is 0 Å². The summed E-state index contributed by atoms with van der Waals surface area (Å²) in [6.45, 7) is 9.84. The summed E-state index contributed by atoms with van der Waals surface area (Å²) in [5, 5.41) is 0. The van der Waals surface area contributed by atoms with Gasteiger partial charge in [-0.3, -0.25) is 15.2 Å². The predicted molar refractivity (Wildman–Crippen MR) is 117 cm³/mol. The van der Waals surface area contributed by atoms with E-state index in [0.717, 1.165) is 65.1 Å². The van der Waals surface area contributed by atoms with Gasteiger partial charge in [-0.2, -0.15) is 0 Å².